The lowest BCUT2D eigenvalue weighted by Crippen LogP contribution is -2.26. The molecule has 0 spiro atoms. The monoisotopic (exact) mass is 351 g/mol. The van der Waals surface area contributed by atoms with Crippen LogP contribution < -0.4 is 0 Å². The maximum atomic E-state index is 4.81. The highest BCUT2D eigenvalue weighted by molar-refractivity contribution is 9.09. The number of para-hydroxylation sites is 1. The first-order valence-electron chi connectivity index (χ1n) is 7.74. The highest BCUT2D eigenvalue weighted by Crippen LogP contribution is 2.38. The van der Waals surface area contributed by atoms with E-state index in [1.165, 1.54) is 47.3 Å². The average molecular weight is 352 g/mol. The predicted octanol–water partition coefficient (Wildman–Crippen LogP) is 5.82. The van der Waals surface area contributed by atoms with Crippen LogP contribution in [0.25, 0.3) is 10.2 Å². The van der Waals surface area contributed by atoms with Crippen LogP contribution in [0, 0.1) is 11.8 Å². The third-order valence-corrected chi connectivity index (χ3v) is 6.73. The summed E-state index contributed by atoms with van der Waals surface area (Å²) in [6.07, 6.45) is 7.98. The van der Waals surface area contributed by atoms with E-state index in [1.54, 1.807) is 0 Å². The van der Waals surface area contributed by atoms with Gasteiger partial charge in [0.05, 0.1) is 15.2 Å². The molecule has 1 aromatic heterocycles. The van der Waals surface area contributed by atoms with Gasteiger partial charge in [-0.3, -0.25) is 0 Å². The van der Waals surface area contributed by atoms with E-state index < -0.39 is 0 Å². The molecule has 0 bridgehead atoms. The van der Waals surface area contributed by atoms with Gasteiger partial charge >= 0.3 is 0 Å². The molecular formula is C17H22BrNS. The minimum absolute atomic E-state index is 0.683. The fourth-order valence-electron chi connectivity index (χ4n) is 3.44. The van der Waals surface area contributed by atoms with E-state index >= 15 is 0 Å². The van der Waals surface area contributed by atoms with Crippen LogP contribution in [0.15, 0.2) is 24.3 Å². The first-order chi connectivity index (χ1) is 9.76. The Kier molecular flexibility index (Phi) is 4.77. The Morgan fingerprint density at radius 2 is 2.15 bits per heavy atom. The number of alkyl halides is 1. The Balaban J connectivity index is 1.71. The van der Waals surface area contributed by atoms with Crippen LogP contribution in [0.4, 0.5) is 0 Å². The van der Waals surface area contributed by atoms with Gasteiger partial charge in [0.1, 0.15) is 0 Å². The van der Waals surface area contributed by atoms with Crippen molar-refractivity contribution >= 4 is 37.5 Å². The number of aromatic nitrogens is 1. The van der Waals surface area contributed by atoms with Gasteiger partial charge in [-0.25, -0.2) is 4.98 Å². The average Bonchev–Trinajstić information content (AvgIpc) is 2.85. The molecule has 0 saturated heterocycles. The van der Waals surface area contributed by atoms with Crippen LogP contribution in [0.5, 0.6) is 0 Å². The number of hydrogen-bond donors (Lipinski definition) is 0. The van der Waals surface area contributed by atoms with Crippen molar-refractivity contribution < 1.29 is 0 Å². The summed E-state index contributed by atoms with van der Waals surface area (Å²) in [5.41, 5.74) is 1.17. The van der Waals surface area contributed by atoms with Crippen molar-refractivity contribution in [2.75, 3.05) is 0 Å². The quantitative estimate of drug-likeness (QED) is 0.632. The van der Waals surface area contributed by atoms with Gasteiger partial charge in [-0.2, -0.15) is 0 Å². The number of hydrogen-bond acceptors (Lipinski definition) is 2. The summed E-state index contributed by atoms with van der Waals surface area (Å²) in [6.45, 7) is 2.31. The molecule has 1 aliphatic rings. The lowest BCUT2D eigenvalue weighted by Gasteiger charge is -2.32. The summed E-state index contributed by atoms with van der Waals surface area (Å²) in [5, 5.41) is 1.32. The molecule has 0 radical (unpaired) electrons. The number of benzene rings is 1. The number of rotatable bonds is 4. The van der Waals surface area contributed by atoms with E-state index in [1.807, 2.05) is 11.3 Å². The molecule has 1 aliphatic carbocycles. The van der Waals surface area contributed by atoms with Crippen molar-refractivity contribution in [3.63, 3.8) is 0 Å². The molecule has 1 aromatic carbocycles. The minimum Gasteiger partial charge on any atom is -0.241 e. The first-order valence-corrected chi connectivity index (χ1v) is 9.48. The molecule has 1 nitrogen and oxygen atoms in total. The second-order valence-corrected chi connectivity index (χ2v) is 8.31. The third-order valence-electron chi connectivity index (χ3n) is 4.47. The van der Waals surface area contributed by atoms with E-state index in [2.05, 4.69) is 47.1 Å². The summed E-state index contributed by atoms with van der Waals surface area (Å²) >= 11 is 5.79. The van der Waals surface area contributed by atoms with Gasteiger partial charge < -0.3 is 0 Å². The number of nitrogens with zero attached hydrogens (tertiary/aromatic N) is 1. The second-order valence-electron chi connectivity index (χ2n) is 6.02. The summed E-state index contributed by atoms with van der Waals surface area (Å²) < 4.78 is 1.33. The number of thiazole rings is 1. The van der Waals surface area contributed by atoms with Crippen LogP contribution in [0.3, 0.4) is 0 Å². The second kappa shape index (κ2) is 6.57. The lowest BCUT2D eigenvalue weighted by molar-refractivity contribution is 0.263. The maximum Gasteiger partial charge on any atom is 0.0941 e. The Bertz CT molecular complexity index is 532. The van der Waals surface area contributed by atoms with Gasteiger partial charge in [-0.05, 0) is 43.2 Å². The molecule has 108 valence electrons. The van der Waals surface area contributed by atoms with Gasteiger partial charge in [0.2, 0.25) is 0 Å². The first kappa shape index (κ1) is 14.5. The smallest absolute Gasteiger partial charge is 0.0941 e. The molecule has 3 heteroatoms. The zero-order valence-electron chi connectivity index (χ0n) is 12.0. The number of halogens is 1. The largest absolute Gasteiger partial charge is 0.241 e. The van der Waals surface area contributed by atoms with Crippen molar-refractivity contribution in [3.8, 4) is 0 Å². The maximum absolute atomic E-state index is 4.81. The minimum atomic E-state index is 0.683. The van der Waals surface area contributed by atoms with Crippen molar-refractivity contribution in [2.24, 2.45) is 11.8 Å². The third kappa shape index (κ3) is 3.25. The SMILES string of the molecule is CCCC1CCC(Br)C(Cc2nc3ccccc3s2)C1. The molecule has 1 fully saturated rings. The molecule has 20 heavy (non-hydrogen) atoms. The highest BCUT2D eigenvalue weighted by Gasteiger charge is 2.29. The van der Waals surface area contributed by atoms with Crippen LogP contribution in [-0.2, 0) is 6.42 Å². The summed E-state index contributed by atoms with van der Waals surface area (Å²) in [5.74, 6) is 1.70. The van der Waals surface area contributed by atoms with Crippen molar-refractivity contribution in [1.29, 1.82) is 0 Å². The molecule has 0 aliphatic heterocycles. The molecule has 3 atom stereocenters. The van der Waals surface area contributed by atoms with E-state index in [-0.39, 0.29) is 0 Å². The molecule has 0 N–H and O–H groups in total. The number of fused-ring (bicyclic) bond motifs is 1. The molecular weight excluding hydrogens is 330 g/mol. The Labute approximate surface area is 133 Å². The van der Waals surface area contributed by atoms with Gasteiger partial charge in [-0.15, -0.1) is 11.3 Å². The van der Waals surface area contributed by atoms with Crippen molar-refractivity contribution in [2.45, 2.75) is 50.3 Å². The van der Waals surface area contributed by atoms with E-state index in [0.29, 0.717) is 4.83 Å². The topological polar surface area (TPSA) is 12.9 Å². The summed E-state index contributed by atoms with van der Waals surface area (Å²) in [7, 11) is 0. The van der Waals surface area contributed by atoms with E-state index in [0.717, 1.165) is 18.3 Å². The molecule has 2 aromatic rings. The molecule has 1 heterocycles. The van der Waals surface area contributed by atoms with E-state index in [9.17, 15) is 0 Å². The molecule has 3 unspecified atom stereocenters. The van der Waals surface area contributed by atoms with Gasteiger partial charge in [0, 0.05) is 11.2 Å². The zero-order chi connectivity index (χ0) is 13.9. The highest BCUT2D eigenvalue weighted by atomic mass is 79.9. The Morgan fingerprint density at radius 1 is 1.30 bits per heavy atom. The van der Waals surface area contributed by atoms with Gasteiger partial charge in [0.15, 0.2) is 0 Å². The van der Waals surface area contributed by atoms with Gasteiger partial charge in [0.25, 0.3) is 0 Å². The standard InChI is InChI=1S/C17H22BrNS/c1-2-5-12-8-9-14(18)13(10-12)11-17-19-15-6-3-4-7-16(15)20-17/h3-4,6-7,12-14H,2,5,8-11H2,1H3. The van der Waals surface area contributed by atoms with Crippen LogP contribution in [0.1, 0.15) is 44.0 Å². The van der Waals surface area contributed by atoms with E-state index in [4.69, 9.17) is 4.98 Å². The van der Waals surface area contributed by atoms with Crippen molar-refractivity contribution in [1.82, 2.24) is 4.98 Å². The fraction of sp³-hybridized carbons (Fsp3) is 0.588. The Morgan fingerprint density at radius 3 is 2.95 bits per heavy atom. The summed E-state index contributed by atoms with van der Waals surface area (Å²) in [6, 6.07) is 8.50. The summed E-state index contributed by atoms with van der Waals surface area (Å²) in [4.78, 5) is 5.49. The normalized spacial score (nSPS) is 27.0. The van der Waals surface area contributed by atoms with Gasteiger partial charge in [-0.1, -0.05) is 47.8 Å². The van der Waals surface area contributed by atoms with Crippen LogP contribution in [0.2, 0.25) is 0 Å². The van der Waals surface area contributed by atoms with Crippen LogP contribution >= 0.6 is 27.3 Å². The lowest BCUT2D eigenvalue weighted by atomic mass is 9.78. The zero-order valence-corrected chi connectivity index (χ0v) is 14.4. The molecule has 0 amide bonds. The molecule has 1 saturated carbocycles. The van der Waals surface area contributed by atoms with Crippen LogP contribution in [-0.4, -0.2) is 9.81 Å². The van der Waals surface area contributed by atoms with Crippen molar-refractivity contribution in [3.05, 3.63) is 29.3 Å². The molecule has 3 rings (SSSR count). The predicted molar refractivity (Wildman–Crippen MR) is 91.8 cm³/mol. The Hall–Kier alpha value is -0.410. The fourth-order valence-corrected chi connectivity index (χ4v) is 5.16.